The summed E-state index contributed by atoms with van der Waals surface area (Å²) in [6, 6.07) is 2.93. The lowest BCUT2D eigenvalue weighted by Gasteiger charge is -2.27. The molecule has 0 spiro atoms. The molecule has 0 bridgehead atoms. The summed E-state index contributed by atoms with van der Waals surface area (Å²) in [6.07, 6.45) is -0.784. The predicted octanol–water partition coefficient (Wildman–Crippen LogP) is 2.77. The van der Waals surface area contributed by atoms with Gasteiger partial charge >= 0.3 is 12.1 Å². The Balaban J connectivity index is 2.86. The molecule has 0 aliphatic rings. The molecule has 0 radical (unpaired) electrons. The first kappa shape index (κ1) is 19.4. The summed E-state index contributed by atoms with van der Waals surface area (Å²) >= 11 is 0. The standard InChI is InChI=1S/C16H21FN2O5/c1-15(2,3)24-14(23)19-16(4,5)13(22)18-11-7-9(12(20)21)6-10(17)8-11/h6-8H,1-5H3,(H,18,22)(H,19,23)(H,20,21). The minimum absolute atomic E-state index is 0.0311. The van der Waals surface area contributed by atoms with E-state index < -0.39 is 34.9 Å². The predicted molar refractivity (Wildman–Crippen MR) is 85.4 cm³/mol. The molecule has 0 saturated heterocycles. The summed E-state index contributed by atoms with van der Waals surface area (Å²) < 4.78 is 18.5. The summed E-state index contributed by atoms with van der Waals surface area (Å²) in [5.41, 5.74) is -2.42. The molecule has 3 N–H and O–H groups in total. The van der Waals surface area contributed by atoms with Gasteiger partial charge in [0, 0.05) is 5.69 Å². The zero-order chi connectivity index (χ0) is 18.7. The van der Waals surface area contributed by atoms with Crippen LogP contribution in [0, 0.1) is 5.82 Å². The number of ether oxygens (including phenoxy) is 1. The SMILES string of the molecule is CC(C)(C)OC(=O)NC(C)(C)C(=O)Nc1cc(F)cc(C(=O)O)c1. The molecule has 0 saturated carbocycles. The molecule has 8 heteroatoms. The monoisotopic (exact) mass is 340 g/mol. The third-order valence-corrected chi connectivity index (χ3v) is 2.78. The Labute approximate surface area is 139 Å². The Morgan fingerprint density at radius 1 is 1.08 bits per heavy atom. The number of anilines is 1. The van der Waals surface area contributed by atoms with Gasteiger partial charge in [-0.05, 0) is 52.8 Å². The third kappa shape index (κ3) is 5.86. The number of carbonyl (C=O) groups excluding carboxylic acids is 2. The number of rotatable bonds is 4. The number of alkyl carbamates (subject to hydrolysis) is 1. The highest BCUT2D eigenvalue weighted by Crippen LogP contribution is 2.17. The molecule has 24 heavy (non-hydrogen) atoms. The van der Waals surface area contributed by atoms with Gasteiger partial charge in [-0.25, -0.2) is 14.0 Å². The van der Waals surface area contributed by atoms with Gasteiger partial charge in [0.05, 0.1) is 5.56 Å². The number of carboxylic acids is 1. The van der Waals surface area contributed by atoms with Gasteiger partial charge in [0.25, 0.3) is 0 Å². The fraction of sp³-hybridized carbons (Fsp3) is 0.438. The Kier molecular flexibility index (Phi) is 5.54. The average Bonchev–Trinajstić information content (AvgIpc) is 2.34. The smallest absolute Gasteiger partial charge is 0.408 e. The van der Waals surface area contributed by atoms with Crippen LogP contribution in [-0.4, -0.2) is 34.2 Å². The van der Waals surface area contributed by atoms with E-state index in [1.807, 2.05) is 0 Å². The second-order valence-corrected chi connectivity index (χ2v) is 6.74. The van der Waals surface area contributed by atoms with Crippen molar-refractivity contribution >= 4 is 23.7 Å². The number of hydrogen-bond donors (Lipinski definition) is 3. The first-order valence-electron chi connectivity index (χ1n) is 7.17. The lowest BCUT2D eigenvalue weighted by molar-refractivity contribution is -0.121. The summed E-state index contributed by atoms with van der Waals surface area (Å²) in [4.78, 5) is 35.0. The van der Waals surface area contributed by atoms with Crippen molar-refractivity contribution in [1.29, 1.82) is 0 Å². The van der Waals surface area contributed by atoms with Crippen LogP contribution in [0.1, 0.15) is 45.0 Å². The minimum atomic E-state index is -1.36. The van der Waals surface area contributed by atoms with Gasteiger partial charge in [-0.3, -0.25) is 4.79 Å². The first-order chi connectivity index (χ1) is 10.8. The molecule has 1 aromatic carbocycles. The molecular weight excluding hydrogens is 319 g/mol. The highest BCUT2D eigenvalue weighted by atomic mass is 19.1. The van der Waals surface area contributed by atoms with E-state index in [4.69, 9.17) is 9.84 Å². The lowest BCUT2D eigenvalue weighted by Crippen LogP contribution is -2.53. The van der Waals surface area contributed by atoms with Crippen LogP contribution in [0.3, 0.4) is 0 Å². The minimum Gasteiger partial charge on any atom is -0.478 e. The molecule has 0 heterocycles. The summed E-state index contributed by atoms with van der Waals surface area (Å²) in [5.74, 6) is -2.78. The lowest BCUT2D eigenvalue weighted by atomic mass is 10.0. The maximum absolute atomic E-state index is 13.4. The molecular formula is C16H21FN2O5. The van der Waals surface area contributed by atoms with Crippen molar-refractivity contribution in [2.24, 2.45) is 0 Å². The van der Waals surface area contributed by atoms with Crippen LogP contribution in [-0.2, 0) is 9.53 Å². The summed E-state index contributed by atoms with van der Waals surface area (Å²) in [6.45, 7) is 7.91. The van der Waals surface area contributed by atoms with Crippen molar-refractivity contribution in [1.82, 2.24) is 5.32 Å². The molecule has 0 aliphatic heterocycles. The van der Waals surface area contributed by atoms with Crippen LogP contribution in [0.5, 0.6) is 0 Å². The van der Waals surface area contributed by atoms with Crippen LogP contribution in [0.15, 0.2) is 18.2 Å². The molecule has 0 aliphatic carbocycles. The van der Waals surface area contributed by atoms with Gasteiger partial charge in [0.15, 0.2) is 0 Å². The number of benzene rings is 1. The van der Waals surface area contributed by atoms with E-state index in [0.717, 1.165) is 18.2 Å². The second kappa shape index (κ2) is 6.86. The Bertz CT molecular complexity index is 665. The average molecular weight is 340 g/mol. The maximum Gasteiger partial charge on any atom is 0.408 e. The van der Waals surface area contributed by atoms with E-state index in [2.05, 4.69) is 10.6 Å². The molecule has 0 fully saturated rings. The van der Waals surface area contributed by atoms with Crippen molar-refractivity contribution in [3.05, 3.63) is 29.6 Å². The van der Waals surface area contributed by atoms with Crippen LogP contribution >= 0.6 is 0 Å². The number of carboxylic acid groups (broad SMARTS) is 1. The highest BCUT2D eigenvalue weighted by molar-refractivity contribution is 6.00. The number of halogens is 1. The van der Waals surface area contributed by atoms with Crippen molar-refractivity contribution in [3.8, 4) is 0 Å². The van der Waals surface area contributed by atoms with Crippen LogP contribution < -0.4 is 10.6 Å². The zero-order valence-electron chi connectivity index (χ0n) is 14.2. The van der Waals surface area contributed by atoms with Gasteiger partial charge in [-0.2, -0.15) is 0 Å². The van der Waals surface area contributed by atoms with Gasteiger partial charge < -0.3 is 20.5 Å². The van der Waals surface area contributed by atoms with Crippen LogP contribution in [0.25, 0.3) is 0 Å². The fourth-order valence-corrected chi connectivity index (χ4v) is 1.69. The van der Waals surface area contributed by atoms with E-state index in [1.165, 1.54) is 13.8 Å². The van der Waals surface area contributed by atoms with E-state index in [0.29, 0.717) is 0 Å². The third-order valence-electron chi connectivity index (χ3n) is 2.78. The van der Waals surface area contributed by atoms with E-state index >= 15 is 0 Å². The molecule has 0 atom stereocenters. The maximum atomic E-state index is 13.4. The Morgan fingerprint density at radius 3 is 2.17 bits per heavy atom. The number of aromatic carboxylic acids is 1. The molecule has 7 nitrogen and oxygen atoms in total. The van der Waals surface area contributed by atoms with Gasteiger partial charge in [0.1, 0.15) is 17.0 Å². The fourth-order valence-electron chi connectivity index (χ4n) is 1.69. The normalized spacial score (nSPS) is 11.6. The van der Waals surface area contributed by atoms with Gasteiger partial charge in [-0.1, -0.05) is 0 Å². The molecule has 0 unspecified atom stereocenters. The van der Waals surface area contributed by atoms with Crippen LogP contribution in [0.2, 0.25) is 0 Å². The van der Waals surface area contributed by atoms with E-state index in [1.54, 1.807) is 20.8 Å². The molecule has 0 aromatic heterocycles. The van der Waals surface area contributed by atoms with Crippen molar-refractivity contribution in [2.75, 3.05) is 5.32 Å². The van der Waals surface area contributed by atoms with Crippen molar-refractivity contribution in [3.63, 3.8) is 0 Å². The quantitative estimate of drug-likeness (QED) is 0.782. The Morgan fingerprint density at radius 2 is 1.67 bits per heavy atom. The van der Waals surface area contributed by atoms with E-state index in [9.17, 15) is 18.8 Å². The summed E-state index contributed by atoms with van der Waals surface area (Å²) in [7, 11) is 0. The molecule has 132 valence electrons. The number of carbonyl (C=O) groups is 3. The Hall–Kier alpha value is -2.64. The molecule has 2 amide bonds. The topological polar surface area (TPSA) is 105 Å². The van der Waals surface area contributed by atoms with Gasteiger partial charge in [-0.15, -0.1) is 0 Å². The first-order valence-corrected chi connectivity index (χ1v) is 7.17. The number of hydrogen-bond acceptors (Lipinski definition) is 4. The number of amides is 2. The van der Waals surface area contributed by atoms with Gasteiger partial charge in [0.2, 0.25) is 5.91 Å². The molecule has 1 aromatic rings. The second-order valence-electron chi connectivity index (χ2n) is 6.74. The number of nitrogens with one attached hydrogen (secondary N) is 2. The van der Waals surface area contributed by atoms with Crippen LogP contribution in [0.4, 0.5) is 14.9 Å². The highest BCUT2D eigenvalue weighted by Gasteiger charge is 2.31. The van der Waals surface area contributed by atoms with Crippen molar-refractivity contribution < 1.29 is 28.6 Å². The van der Waals surface area contributed by atoms with Crippen molar-refractivity contribution in [2.45, 2.75) is 45.8 Å². The zero-order valence-corrected chi connectivity index (χ0v) is 14.2. The molecule has 1 rings (SSSR count). The largest absolute Gasteiger partial charge is 0.478 e. The summed E-state index contributed by atoms with van der Waals surface area (Å²) in [5, 5.41) is 13.7. The van der Waals surface area contributed by atoms with E-state index in [-0.39, 0.29) is 11.3 Å².